The van der Waals surface area contributed by atoms with Crippen molar-refractivity contribution in [3.63, 3.8) is 0 Å². The van der Waals surface area contributed by atoms with Gasteiger partial charge in [-0.2, -0.15) is 13.2 Å². The standard InChI is InChI=1S/C19H19F8NO9S/c1-4-11-5-13(38(23,24,25,26)27)6-12-7-14(16(19(20,21)22)36-15(11)12)17(29)34-10(3)35-18(30)33-8-9(2)37-28(31)32/h5-7,9-10,16H,4,8H2,1-3H3/t9?,10?,16-/m0/s1. The van der Waals surface area contributed by atoms with Crippen LogP contribution in [0.15, 0.2) is 22.6 Å². The highest BCUT2D eigenvalue weighted by Gasteiger charge is 2.66. The van der Waals surface area contributed by atoms with E-state index in [2.05, 4.69) is 19.0 Å². The Balaban J connectivity index is 2.34. The topological polar surface area (TPSA) is 123 Å². The smallest absolute Gasteiger partial charge is 0.475 e. The van der Waals surface area contributed by atoms with Crippen molar-refractivity contribution in [2.75, 3.05) is 6.61 Å². The maximum absolute atomic E-state index is 13.7. The second kappa shape index (κ2) is 9.66. The summed E-state index contributed by atoms with van der Waals surface area (Å²) in [4.78, 5) is 35.9. The number of hydrogen-bond acceptors (Lipinski definition) is 9. The van der Waals surface area contributed by atoms with Crippen molar-refractivity contribution in [3.05, 3.63) is 38.9 Å². The Labute approximate surface area is 208 Å². The van der Waals surface area contributed by atoms with Crippen LogP contribution in [0, 0.1) is 10.1 Å². The van der Waals surface area contributed by atoms with Gasteiger partial charge in [0.15, 0.2) is 0 Å². The molecule has 0 fully saturated rings. The third kappa shape index (κ3) is 7.99. The summed E-state index contributed by atoms with van der Waals surface area (Å²) in [6.45, 7) is 2.46. The van der Waals surface area contributed by atoms with Crippen LogP contribution in [0.1, 0.15) is 31.9 Å². The molecule has 0 aliphatic carbocycles. The van der Waals surface area contributed by atoms with E-state index >= 15 is 0 Å². The van der Waals surface area contributed by atoms with Crippen molar-refractivity contribution >= 4 is 28.4 Å². The van der Waals surface area contributed by atoms with Gasteiger partial charge in [-0.05, 0) is 37.1 Å². The van der Waals surface area contributed by atoms with E-state index < -0.39 is 92.5 Å². The number of benzene rings is 1. The third-order valence-electron chi connectivity index (χ3n) is 4.59. The van der Waals surface area contributed by atoms with Gasteiger partial charge in [0.1, 0.15) is 23.4 Å². The Morgan fingerprint density at radius 2 is 1.74 bits per heavy atom. The van der Waals surface area contributed by atoms with Gasteiger partial charge in [-0.25, -0.2) is 9.59 Å². The number of fused-ring (bicyclic) bond motifs is 1. The fraction of sp³-hybridized carbons (Fsp3) is 0.474. The fourth-order valence-corrected chi connectivity index (χ4v) is 3.74. The van der Waals surface area contributed by atoms with Crippen molar-refractivity contribution < 1.29 is 71.1 Å². The average Bonchev–Trinajstić information content (AvgIpc) is 2.73. The summed E-state index contributed by atoms with van der Waals surface area (Å²) in [5.41, 5.74) is -2.95. The SMILES string of the molecule is CCc1cc(S(F)(F)(F)(F)F)cc2c1O[C@H](C(F)(F)F)C(C(=O)OC(C)OC(=O)OCC(C)O[N+](=O)[O-])=C2. The van der Waals surface area contributed by atoms with Crippen LogP contribution >= 0.6 is 10.2 Å². The lowest BCUT2D eigenvalue weighted by Gasteiger charge is -2.41. The minimum atomic E-state index is -10.3. The zero-order valence-electron chi connectivity index (χ0n) is 19.4. The average molecular weight is 589 g/mol. The summed E-state index contributed by atoms with van der Waals surface area (Å²) in [5.74, 6) is -2.67. The molecule has 0 spiro atoms. The van der Waals surface area contributed by atoms with Crippen LogP contribution in [-0.4, -0.2) is 48.5 Å². The van der Waals surface area contributed by atoms with Crippen LogP contribution < -0.4 is 4.74 Å². The van der Waals surface area contributed by atoms with Crippen molar-refractivity contribution in [1.29, 1.82) is 0 Å². The van der Waals surface area contributed by atoms with E-state index in [0.717, 1.165) is 13.8 Å². The molecular formula is C19H19F8NO9S. The van der Waals surface area contributed by atoms with E-state index in [1.54, 1.807) is 0 Å². The van der Waals surface area contributed by atoms with Crippen molar-refractivity contribution in [1.82, 2.24) is 0 Å². The molecule has 0 aromatic heterocycles. The van der Waals surface area contributed by atoms with Crippen LogP contribution in [0.25, 0.3) is 6.08 Å². The summed E-state index contributed by atoms with van der Waals surface area (Å²) >= 11 is 0. The van der Waals surface area contributed by atoms with Gasteiger partial charge in [-0.15, -0.1) is 10.1 Å². The highest BCUT2D eigenvalue weighted by molar-refractivity contribution is 8.45. The molecule has 0 amide bonds. The number of halogens is 8. The molecule has 38 heavy (non-hydrogen) atoms. The summed E-state index contributed by atoms with van der Waals surface area (Å²) < 4.78 is 126. The van der Waals surface area contributed by atoms with E-state index in [9.17, 15) is 52.3 Å². The molecule has 1 aromatic carbocycles. The summed E-state index contributed by atoms with van der Waals surface area (Å²) in [6.07, 6.45) is -13.3. The van der Waals surface area contributed by atoms with Gasteiger partial charge in [-0.1, -0.05) is 26.4 Å². The first-order valence-electron chi connectivity index (χ1n) is 10.2. The molecule has 2 rings (SSSR count). The molecule has 3 atom stereocenters. The van der Waals surface area contributed by atoms with E-state index in [-0.39, 0.29) is 18.2 Å². The molecule has 1 aliphatic heterocycles. The first-order chi connectivity index (χ1) is 17.0. The van der Waals surface area contributed by atoms with Gasteiger partial charge in [0.25, 0.3) is 5.09 Å². The number of nitrogens with zero attached hydrogens (tertiary/aromatic N) is 1. The third-order valence-corrected chi connectivity index (χ3v) is 5.72. The lowest BCUT2D eigenvalue weighted by atomic mass is 9.98. The molecule has 0 saturated carbocycles. The van der Waals surface area contributed by atoms with Crippen molar-refractivity contribution in [2.45, 2.75) is 56.8 Å². The molecule has 0 saturated heterocycles. The number of rotatable bonds is 9. The van der Waals surface area contributed by atoms with E-state index in [0.29, 0.717) is 0 Å². The summed E-state index contributed by atoms with van der Waals surface area (Å²) in [5, 5.41) is 9.00. The second-order valence-electron chi connectivity index (χ2n) is 7.75. The number of aryl methyl sites for hydroxylation is 1. The van der Waals surface area contributed by atoms with Crippen LogP contribution in [-0.2, 0) is 30.3 Å². The predicted molar refractivity (Wildman–Crippen MR) is 111 cm³/mol. The molecule has 19 heteroatoms. The molecule has 10 nitrogen and oxygen atoms in total. The Bertz CT molecular complexity index is 1150. The number of ether oxygens (including phenoxy) is 4. The molecule has 0 radical (unpaired) electrons. The first kappa shape index (κ1) is 30.7. The number of carbonyl (C=O) groups is 2. The highest BCUT2D eigenvalue weighted by atomic mass is 32.5. The molecule has 216 valence electrons. The molecule has 0 bridgehead atoms. The van der Waals surface area contributed by atoms with Crippen LogP contribution in [0.4, 0.5) is 37.4 Å². The van der Waals surface area contributed by atoms with Gasteiger partial charge in [0.2, 0.25) is 12.4 Å². The van der Waals surface area contributed by atoms with E-state index in [1.807, 2.05) is 0 Å². The van der Waals surface area contributed by atoms with Crippen LogP contribution in [0.5, 0.6) is 5.75 Å². The Hall–Kier alpha value is -3.51. The minimum Gasteiger partial charge on any atom is -0.475 e. The molecular weight excluding hydrogens is 570 g/mol. The van der Waals surface area contributed by atoms with Gasteiger partial charge >= 0.3 is 28.5 Å². The maximum Gasteiger partial charge on any atom is 0.511 e. The normalized spacial score (nSPS) is 18.8. The highest BCUT2D eigenvalue weighted by Crippen LogP contribution is 3.02. The van der Waals surface area contributed by atoms with Crippen molar-refractivity contribution in [3.8, 4) is 5.75 Å². The van der Waals surface area contributed by atoms with Gasteiger partial charge in [0, 0.05) is 12.5 Å². The minimum absolute atomic E-state index is 0.0237. The van der Waals surface area contributed by atoms with Crippen LogP contribution in [0.2, 0.25) is 0 Å². The maximum atomic E-state index is 13.7. The Morgan fingerprint density at radius 1 is 1.13 bits per heavy atom. The summed E-state index contributed by atoms with van der Waals surface area (Å²) in [6, 6.07) is -0.175. The monoisotopic (exact) mass is 589 g/mol. The zero-order valence-corrected chi connectivity index (χ0v) is 20.2. The molecule has 0 N–H and O–H groups in total. The second-order valence-corrected chi connectivity index (χ2v) is 10.2. The largest absolute Gasteiger partial charge is 0.511 e. The van der Waals surface area contributed by atoms with E-state index in [4.69, 9.17) is 4.74 Å². The molecule has 2 unspecified atom stereocenters. The molecule has 1 aliphatic rings. The lowest BCUT2D eigenvalue weighted by molar-refractivity contribution is -0.767. The van der Waals surface area contributed by atoms with Crippen LogP contribution in [0.3, 0.4) is 0 Å². The quantitative estimate of drug-likeness (QED) is 0.108. The number of hydrogen-bond donors (Lipinski definition) is 0. The lowest BCUT2D eigenvalue weighted by Crippen LogP contribution is -2.41. The van der Waals surface area contributed by atoms with Gasteiger partial charge in [0.05, 0.1) is 5.57 Å². The van der Waals surface area contributed by atoms with Crippen molar-refractivity contribution in [2.24, 2.45) is 0 Å². The Kier molecular flexibility index (Phi) is 7.81. The van der Waals surface area contributed by atoms with Gasteiger partial charge < -0.3 is 23.8 Å². The summed E-state index contributed by atoms with van der Waals surface area (Å²) in [7, 11) is -10.3. The number of alkyl halides is 3. The Morgan fingerprint density at radius 3 is 2.24 bits per heavy atom. The number of esters is 1. The van der Waals surface area contributed by atoms with E-state index in [1.165, 1.54) is 6.92 Å². The predicted octanol–water partition coefficient (Wildman–Crippen LogP) is 6.25. The molecule has 1 heterocycles. The van der Waals surface area contributed by atoms with Gasteiger partial charge in [-0.3, -0.25) is 0 Å². The number of carbonyl (C=O) groups excluding carboxylic acids is 2. The zero-order chi connectivity index (χ0) is 29.3. The first-order valence-corrected chi connectivity index (χ1v) is 12.2. The fourth-order valence-electron chi connectivity index (χ4n) is 3.03. The molecule has 1 aromatic rings.